The number of rotatable bonds is 2. The van der Waals surface area contributed by atoms with Gasteiger partial charge >= 0.3 is 0 Å². The van der Waals surface area contributed by atoms with Crippen LogP contribution in [-0.4, -0.2) is 7.11 Å². The Morgan fingerprint density at radius 1 is 1.47 bits per heavy atom. The molecule has 0 atom stereocenters. The van der Waals surface area contributed by atoms with E-state index in [1.165, 1.54) is 13.2 Å². The minimum Gasteiger partial charge on any atom is -0.493 e. The predicted octanol–water partition coefficient (Wildman–Crippen LogP) is 3.10. The number of hydrogen-bond donors (Lipinski definition) is 1. The fourth-order valence-electron chi connectivity index (χ4n) is 1.51. The maximum Gasteiger partial charge on any atom is 0.165 e. The SMILES string of the molecule is COc1c(F)cc(C)c(Br)c1C(C)(C)N. The Morgan fingerprint density at radius 3 is 2.40 bits per heavy atom. The van der Waals surface area contributed by atoms with Crippen LogP contribution in [0.3, 0.4) is 0 Å². The van der Waals surface area contributed by atoms with Gasteiger partial charge in [0.2, 0.25) is 0 Å². The Kier molecular flexibility index (Phi) is 3.41. The summed E-state index contributed by atoms with van der Waals surface area (Å²) in [5, 5.41) is 0. The van der Waals surface area contributed by atoms with Gasteiger partial charge in [-0.15, -0.1) is 0 Å². The highest BCUT2D eigenvalue weighted by molar-refractivity contribution is 9.10. The summed E-state index contributed by atoms with van der Waals surface area (Å²) in [6.45, 7) is 5.45. The molecule has 0 aliphatic rings. The first-order valence-corrected chi connectivity index (χ1v) is 5.40. The molecule has 84 valence electrons. The monoisotopic (exact) mass is 275 g/mol. The van der Waals surface area contributed by atoms with Crippen LogP contribution in [0.1, 0.15) is 25.0 Å². The first-order chi connectivity index (χ1) is 6.79. The van der Waals surface area contributed by atoms with Gasteiger partial charge in [-0.2, -0.15) is 0 Å². The van der Waals surface area contributed by atoms with Crippen molar-refractivity contribution in [1.82, 2.24) is 0 Å². The maximum absolute atomic E-state index is 13.6. The summed E-state index contributed by atoms with van der Waals surface area (Å²) in [7, 11) is 1.44. The van der Waals surface area contributed by atoms with E-state index >= 15 is 0 Å². The summed E-state index contributed by atoms with van der Waals surface area (Å²) in [4.78, 5) is 0. The summed E-state index contributed by atoms with van der Waals surface area (Å²) in [5.74, 6) is -0.174. The lowest BCUT2D eigenvalue weighted by Crippen LogP contribution is -2.30. The van der Waals surface area contributed by atoms with E-state index in [1.807, 2.05) is 20.8 Å². The molecule has 0 fully saturated rings. The van der Waals surface area contributed by atoms with E-state index in [0.717, 1.165) is 10.0 Å². The number of halogens is 2. The van der Waals surface area contributed by atoms with Crippen molar-refractivity contribution < 1.29 is 9.13 Å². The van der Waals surface area contributed by atoms with Gasteiger partial charge < -0.3 is 10.5 Å². The fourth-order valence-corrected chi connectivity index (χ4v) is 2.32. The summed E-state index contributed by atoms with van der Waals surface area (Å²) in [5.41, 5.74) is 6.80. The summed E-state index contributed by atoms with van der Waals surface area (Å²) >= 11 is 3.42. The summed E-state index contributed by atoms with van der Waals surface area (Å²) in [6.07, 6.45) is 0. The van der Waals surface area contributed by atoms with Gasteiger partial charge in [-0.25, -0.2) is 4.39 Å². The molecule has 0 aliphatic heterocycles. The highest BCUT2D eigenvalue weighted by atomic mass is 79.9. The molecule has 1 rings (SSSR count). The average Bonchev–Trinajstić information content (AvgIpc) is 2.08. The molecular weight excluding hydrogens is 261 g/mol. The predicted molar refractivity (Wildman–Crippen MR) is 62.6 cm³/mol. The van der Waals surface area contributed by atoms with Gasteiger partial charge in [0.1, 0.15) is 0 Å². The van der Waals surface area contributed by atoms with Gasteiger partial charge in [-0.05, 0) is 32.4 Å². The van der Waals surface area contributed by atoms with Gasteiger partial charge in [0, 0.05) is 15.6 Å². The van der Waals surface area contributed by atoms with Gasteiger partial charge in [0.05, 0.1) is 7.11 Å². The van der Waals surface area contributed by atoms with E-state index in [9.17, 15) is 4.39 Å². The van der Waals surface area contributed by atoms with Crippen molar-refractivity contribution in [3.8, 4) is 5.75 Å². The minimum absolute atomic E-state index is 0.208. The van der Waals surface area contributed by atoms with Gasteiger partial charge in [0.25, 0.3) is 0 Å². The third-order valence-corrected chi connectivity index (χ3v) is 3.22. The molecule has 0 aliphatic carbocycles. The topological polar surface area (TPSA) is 35.2 Å². The zero-order valence-electron chi connectivity index (χ0n) is 9.32. The van der Waals surface area contributed by atoms with E-state index in [4.69, 9.17) is 10.5 Å². The molecule has 4 heteroatoms. The first kappa shape index (κ1) is 12.5. The van der Waals surface area contributed by atoms with Crippen LogP contribution in [0.2, 0.25) is 0 Å². The van der Waals surface area contributed by atoms with Crippen LogP contribution in [-0.2, 0) is 5.54 Å². The Labute approximate surface area is 97.7 Å². The Bertz CT molecular complexity index is 385. The molecule has 0 unspecified atom stereocenters. The van der Waals surface area contributed by atoms with Crippen LogP contribution in [0.4, 0.5) is 4.39 Å². The molecule has 0 spiro atoms. The molecular formula is C11H15BrFNO. The van der Waals surface area contributed by atoms with Crippen molar-refractivity contribution in [2.45, 2.75) is 26.3 Å². The van der Waals surface area contributed by atoms with Crippen molar-refractivity contribution in [1.29, 1.82) is 0 Å². The van der Waals surface area contributed by atoms with E-state index in [2.05, 4.69) is 15.9 Å². The van der Waals surface area contributed by atoms with Crippen molar-refractivity contribution in [3.05, 3.63) is 27.5 Å². The standard InChI is InChI=1S/C11H15BrFNO/c1-6-5-7(13)10(15-4)8(9(6)12)11(2,3)14/h5H,14H2,1-4H3. The second-order valence-electron chi connectivity index (χ2n) is 4.12. The third-order valence-electron chi connectivity index (χ3n) is 2.20. The summed E-state index contributed by atoms with van der Waals surface area (Å²) in [6, 6.07) is 1.43. The highest BCUT2D eigenvalue weighted by Crippen LogP contribution is 2.38. The third kappa shape index (κ3) is 2.32. The van der Waals surface area contributed by atoms with E-state index in [-0.39, 0.29) is 11.6 Å². The number of nitrogens with two attached hydrogens (primary N) is 1. The second kappa shape index (κ2) is 4.10. The highest BCUT2D eigenvalue weighted by Gasteiger charge is 2.26. The normalized spacial score (nSPS) is 11.7. The zero-order chi connectivity index (χ0) is 11.8. The molecule has 2 nitrogen and oxygen atoms in total. The smallest absolute Gasteiger partial charge is 0.165 e. The summed E-state index contributed by atoms with van der Waals surface area (Å²) < 4.78 is 19.5. The zero-order valence-corrected chi connectivity index (χ0v) is 10.9. The molecule has 0 amide bonds. The fraction of sp³-hybridized carbons (Fsp3) is 0.455. The van der Waals surface area contributed by atoms with Crippen molar-refractivity contribution in [2.75, 3.05) is 7.11 Å². The molecule has 1 aromatic rings. The first-order valence-electron chi connectivity index (χ1n) is 4.61. The van der Waals surface area contributed by atoms with Crippen LogP contribution >= 0.6 is 15.9 Å². The van der Waals surface area contributed by atoms with Gasteiger partial charge in [0.15, 0.2) is 11.6 Å². The van der Waals surface area contributed by atoms with E-state index in [0.29, 0.717) is 5.56 Å². The maximum atomic E-state index is 13.6. The van der Waals surface area contributed by atoms with Crippen LogP contribution in [0.5, 0.6) is 5.75 Å². The lowest BCUT2D eigenvalue weighted by molar-refractivity contribution is 0.367. The second-order valence-corrected chi connectivity index (χ2v) is 4.91. The molecule has 0 aromatic heterocycles. The number of methoxy groups -OCH3 is 1. The number of ether oxygens (including phenoxy) is 1. The lowest BCUT2D eigenvalue weighted by atomic mass is 9.93. The van der Waals surface area contributed by atoms with Crippen LogP contribution in [0.25, 0.3) is 0 Å². The molecule has 2 N–H and O–H groups in total. The Morgan fingerprint density at radius 2 is 2.00 bits per heavy atom. The van der Waals surface area contributed by atoms with Crippen molar-refractivity contribution in [2.24, 2.45) is 5.73 Å². The number of aryl methyl sites for hydroxylation is 1. The molecule has 0 radical (unpaired) electrons. The Balaban J connectivity index is 3.59. The molecule has 0 saturated heterocycles. The van der Waals surface area contributed by atoms with E-state index < -0.39 is 5.54 Å². The van der Waals surface area contributed by atoms with Crippen LogP contribution in [0.15, 0.2) is 10.5 Å². The largest absolute Gasteiger partial charge is 0.493 e. The molecule has 15 heavy (non-hydrogen) atoms. The van der Waals surface area contributed by atoms with Crippen molar-refractivity contribution >= 4 is 15.9 Å². The molecule has 0 saturated carbocycles. The molecule has 0 bridgehead atoms. The number of benzene rings is 1. The molecule has 1 aromatic carbocycles. The van der Waals surface area contributed by atoms with Gasteiger partial charge in [-0.3, -0.25) is 0 Å². The number of hydrogen-bond acceptors (Lipinski definition) is 2. The van der Waals surface area contributed by atoms with Gasteiger partial charge in [-0.1, -0.05) is 15.9 Å². The van der Waals surface area contributed by atoms with Crippen LogP contribution < -0.4 is 10.5 Å². The van der Waals surface area contributed by atoms with Crippen molar-refractivity contribution in [3.63, 3.8) is 0 Å². The Hall–Kier alpha value is -0.610. The van der Waals surface area contributed by atoms with E-state index in [1.54, 1.807) is 0 Å². The minimum atomic E-state index is -0.656. The quantitative estimate of drug-likeness (QED) is 0.900. The lowest BCUT2D eigenvalue weighted by Gasteiger charge is -2.25. The van der Waals surface area contributed by atoms with Crippen LogP contribution in [0, 0.1) is 12.7 Å². The average molecular weight is 276 g/mol. The molecule has 0 heterocycles.